The summed E-state index contributed by atoms with van der Waals surface area (Å²) >= 11 is 0. The van der Waals surface area contributed by atoms with Gasteiger partial charge in [0.25, 0.3) is 0 Å². The molecule has 0 aromatic heterocycles. The summed E-state index contributed by atoms with van der Waals surface area (Å²) in [5.41, 5.74) is 2.70. The maximum atomic E-state index is 12.6. The smallest absolute Gasteiger partial charge is 0.343 e. The van der Waals surface area contributed by atoms with Crippen LogP contribution in [-0.2, 0) is 16.0 Å². The monoisotopic (exact) mass is 516 g/mol. The van der Waals surface area contributed by atoms with Gasteiger partial charge in [-0.05, 0) is 98.3 Å². The summed E-state index contributed by atoms with van der Waals surface area (Å²) in [6.07, 6.45) is 4.47. The Kier molecular flexibility index (Phi) is 10.7. The first-order valence-electron chi connectivity index (χ1n) is 12.6. The van der Waals surface area contributed by atoms with Crippen LogP contribution in [0, 0.1) is 6.92 Å². The molecule has 0 aliphatic carbocycles. The standard InChI is InChI=1S/C31H32O7/c1-4-23-9-14-26(15-10-23)37-30(33)24-11-16-27(17-12-24)38-31(34)25-13-18-28(22(3)21-25)35-19-7-6-8-20-36-29(32)5-2/h5,9-18,21H,2,4,6-8,19-20H2,1,3H3. The molecule has 3 rings (SSSR count). The Morgan fingerprint density at radius 2 is 1.34 bits per heavy atom. The van der Waals surface area contributed by atoms with Gasteiger partial charge in [-0.3, -0.25) is 0 Å². The van der Waals surface area contributed by atoms with Crippen molar-refractivity contribution in [2.45, 2.75) is 39.5 Å². The van der Waals surface area contributed by atoms with Crippen molar-refractivity contribution in [1.82, 2.24) is 0 Å². The maximum Gasteiger partial charge on any atom is 0.343 e. The van der Waals surface area contributed by atoms with Gasteiger partial charge in [0.1, 0.15) is 17.2 Å². The van der Waals surface area contributed by atoms with E-state index in [0.29, 0.717) is 41.6 Å². The third-order valence-electron chi connectivity index (χ3n) is 5.71. The van der Waals surface area contributed by atoms with Crippen LogP contribution in [0.15, 0.2) is 79.4 Å². The first-order chi connectivity index (χ1) is 18.4. The average molecular weight is 517 g/mol. The van der Waals surface area contributed by atoms with Crippen molar-refractivity contribution >= 4 is 17.9 Å². The van der Waals surface area contributed by atoms with Crippen LogP contribution in [0.3, 0.4) is 0 Å². The molecule has 198 valence electrons. The topological polar surface area (TPSA) is 88.1 Å². The Bertz CT molecular complexity index is 1240. The van der Waals surface area contributed by atoms with Crippen molar-refractivity contribution in [3.05, 3.63) is 102 Å². The van der Waals surface area contributed by atoms with Gasteiger partial charge in [0.2, 0.25) is 0 Å². The summed E-state index contributed by atoms with van der Waals surface area (Å²) in [5.74, 6) is 0.0513. The van der Waals surface area contributed by atoms with Crippen LogP contribution in [0.1, 0.15) is 58.0 Å². The van der Waals surface area contributed by atoms with E-state index < -0.39 is 17.9 Å². The highest BCUT2D eigenvalue weighted by molar-refractivity contribution is 5.93. The summed E-state index contributed by atoms with van der Waals surface area (Å²) in [7, 11) is 0. The van der Waals surface area contributed by atoms with E-state index in [9.17, 15) is 14.4 Å². The van der Waals surface area contributed by atoms with Gasteiger partial charge in [0.05, 0.1) is 24.3 Å². The van der Waals surface area contributed by atoms with Crippen molar-refractivity contribution in [2.75, 3.05) is 13.2 Å². The number of rotatable bonds is 13. The molecular formula is C31H32O7. The van der Waals surface area contributed by atoms with E-state index >= 15 is 0 Å². The molecule has 0 amide bonds. The third kappa shape index (κ3) is 8.62. The third-order valence-corrected chi connectivity index (χ3v) is 5.71. The predicted molar refractivity (Wildman–Crippen MR) is 144 cm³/mol. The highest BCUT2D eigenvalue weighted by Crippen LogP contribution is 2.22. The summed E-state index contributed by atoms with van der Waals surface area (Å²) in [6.45, 7) is 8.14. The Balaban J connectivity index is 1.46. The summed E-state index contributed by atoms with van der Waals surface area (Å²) in [5, 5.41) is 0. The second-order valence-electron chi connectivity index (χ2n) is 8.56. The zero-order chi connectivity index (χ0) is 27.3. The number of esters is 3. The quantitative estimate of drug-likeness (QED) is 0.114. The van der Waals surface area contributed by atoms with Crippen molar-refractivity contribution < 1.29 is 33.3 Å². The molecule has 0 saturated heterocycles. The van der Waals surface area contributed by atoms with Crippen LogP contribution in [0.5, 0.6) is 17.2 Å². The van der Waals surface area contributed by atoms with Gasteiger partial charge >= 0.3 is 17.9 Å². The molecule has 0 heterocycles. The molecule has 0 bridgehead atoms. The number of carbonyl (C=O) groups excluding carboxylic acids is 3. The SMILES string of the molecule is C=CC(=O)OCCCCCOc1ccc(C(=O)Oc2ccc(C(=O)Oc3ccc(CC)cc3)cc2)cc1C. The zero-order valence-electron chi connectivity index (χ0n) is 21.7. The predicted octanol–water partition coefficient (Wildman–Crippen LogP) is 6.27. The Hall–Kier alpha value is -4.39. The van der Waals surface area contributed by atoms with Gasteiger partial charge in [-0.1, -0.05) is 25.6 Å². The van der Waals surface area contributed by atoms with E-state index in [2.05, 4.69) is 13.5 Å². The van der Waals surface area contributed by atoms with E-state index in [4.69, 9.17) is 18.9 Å². The van der Waals surface area contributed by atoms with Crippen LogP contribution < -0.4 is 14.2 Å². The lowest BCUT2D eigenvalue weighted by atomic mass is 10.1. The molecule has 3 aromatic rings. The van der Waals surface area contributed by atoms with E-state index in [1.165, 1.54) is 0 Å². The normalized spacial score (nSPS) is 10.4. The minimum atomic E-state index is -0.514. The maximum absolute atomic E-state index is 12.6. The fourth-order valence-electron chi connectivity index (χ4n) is 3.52. The van der Waals surface area contributed by atoms with E-state index in [0.717, 1.165) is 42.9 Å². The van der Waals surface area contributed by atoms with Crippen LogP contribution in [-0.4, -0.2) is 31.1 Å². The van der Waals surface area contributed by atoms with Crippen LogP contribution >= 0.6 is 0 Å². The van der Waals surface area contributed by atoms with Gasteiger partial charge in [-0.2, -0.15) is 0 Å². The summed E-state index contributed by atoms with van der Waals surface area (Å²) < 4.78 is 21.6. The lowest BCUT2D eigenvalue weighted by Crippen LogP contribution is -2.10. The largest absolute Gasteiger partial charge is 0.493 e. The molecule has 0 radical (unpaired) electrons. The van der Waals surface area contributed by atoms with Gasteiger partial charge in [0.15, 0.2) is 0 Å². The molecular weight excluding hydrogens is 484 g/mol. The molecule has 0 unspecified atom stereocenters. The summed E-state index contributed by atoms with van der Waals surface area (Å²) in [6, 6.07) is 18.7. The lowest BCUT2D eigenvalue weighted by Gasteiger charge is -2.11. The van der Waals surface area contributed by atoms with Crippen molar-refractivity contribution in [2.24, 2.45) is 0 Å². The van der Waals surface area contributed by atoms with Gasteiger partial charge in [-0.25, -0.2) is 14.4 Å². The fraction of sp³-hybridized carbons (Fsp3) is 0.258. The van der Waals surface area contributed by atoms with E-state index in [-0.39, 0.29) is 0 Å². The minimum absolute atomic E-state index is 0.315. The number of aryl methyl sites for hydroxylation is 2. The molecule has 7 heteroatoms. The number of unbranched alkanes of at least 4 members (excludes halogenated alkanes) is 2. The lowest BCUT2D eigenvalue weighted by molar-refractivity contribution is -0.137. The molecule has 7 nitrogen and oxygen atoms in total. The number of hydrogen-bond acceptors (Lipinski definition) is 7. The molecule has 0 fully saturated rings. The van der Waals surface area contributed by atoms with E-state index in [1.54, 1.807) is 54.6 Å². The second-order valence-corrected chi connectivity index (χ2v) is 8.56. The van der Waals surface area contributed by atoms with Crippen LogP contribution in [0.25, 0.3) is 0 Å². The fourth-order valence-corrected chi connectivity index (χ4v) is 3.52. The molecule has 0 saturated carbocycles. The first-order valence-corrected chi connectivity index (χ1v) is 12.6. The Morgan fingerprint density at radius 1 is 0.763 bits per heavy atom. The van der Waals surface area contributed by atoms with Gasteiger partial charge in [0, 0.05) is 6.08 Å². The molecule has 0 N–H and O–H groups in total. The number of carbonyl (C=O) groups is 3. The molecule has 0 aliphatic rings. The number of ether oxygens (including phenoxy) is 4. The minimum Gasteiger partial charge on any atom is -0.493 e. The molecule has 0 spiro atoms. The molecule has 0 aliphatic heterocycles. The van der Waals surface area contributed by atoms with Crippen molar-refractivity contribution in [3.63, 3.8) is 0 Å². The number of benzene rings is 3. The van der Waals surface area contributed by atoms with Crippen molar-refractivity contribution in [1.29, 1.82) is 0 Å². The Morgan fingerprint density at radius 3 is 1.95 bits per heavy atom. The first kappa shape index (κ1) is 28.2. The molecule has 38 heavy (non-hydrogen) atoms. The molecule has 3 aromatic carbocycles. The second kappa shape index (κ2) is 14.4. The average Bonchev–Trinajstić information content (AvgIpc) is 2.93. The van der Waals surface area contributed by atoms with Gasteiger partial charge < -0.3 is 18.9 Å². The van der Waals surface area contributed by atoms with Crippen molar-refractivity contribution in [3.8, 4) is 17.2 Å². The van der Waals surface area contributed by atoms with Gasteiger partial charge in [-0.15, -0.1) is 0 Å². The highest BCUT2D eigenvalue weighted by atomic mass is 16.5. The highest BCUT2D eigenvalue weighted by Gasteiger charge is 2.13. The summed E-state index contributed by atoms with van der Waals surface area (Å²) in [4.78, 5) is 36.0. The van der Waals surface area contributed by atoms with Crippen LogP contribution in [0.2, 0.25) is 0 Å². The Labute approximate surface area is 223 Å². The molecule has 0 atom stereocenters. The number of hydrogen-bond donors (Lipinski definition) is 0. The van der Waals surface area contributed by atoms with Crippen LogP contribution in [0.4, 0.5) is 0 Å². The zero-order valence-corrected chi connectivity index (χ0v) is 21.7. The van der Waals surface area contributed by atoms with E-state index in [1.807, 2.05) is 19.1 Å².